The molecule has 17 heavy (non-hydrogen) atoms. The Labute approximate surface area is 111 Å². The van der Waals surface area contributed by atoms with E-state index in [1.54, 1.807) is 0 Å². The smallest absolute Gasteiger partial charge is 0.165 e. The normalized spacial score (nSPS) is 12.8. The van der Waals surface area contributed by atoms with Crippen LogP contribution in [0.3, 0.4) is 0 Å². The lowest BCUT2D eigenvalue weighted by Gasteiger charge is -2.19. The van der Waals surface area contributed by atoms with E-state index in [0.717, 1.165) is 22.9 Å². The lowest BCUT2D eigenvalue weighted by atomic mass is 9.91. The first-order chi connectivity index (χ1) is 8.10. The Morgan fingerprint density at radius 2 is 1.88 bits per heavy atom. The minimum Gasteiger partial charge on any atom is -0.385 e. The topological polar surface area (TPSA) is 37.3 Å². The number of halogens is 1. The van der Waals surface area contributed by atoms with E-state index in [-0.39, 0.29) is 11.7 Å². The zero-order valence-corrected chi connectivity index (χ0v) is 11.9. The number of rotatable bonds is 6. The Hall–Kier alpha value is -0.670. The fourth-order valence-corrected chi connectivity index (χ4v) is 2.36. The summed E-state index contributed by atoms with van der Waals surface area (Å²) >= 11 is 3.41. The van der Waals surface area contributed by atoms with Crippen LogP contribution >= 0.6 is 15.9 Å². The molecule has 0 saturated heterocycles. The fraction of sp³-hybridized carbons (Fsp3) is 0.500. The predicted octanol–water partition coefficient (Wildman–Crippen LogP) is 3.36. The van der Waals surface area contributed by atoms with Crippen LogP contribution in [0.5, 0.6) is 0 Å². The quantitative estimate of drug-likeness (QED) is 0.874. The molecule has 0 amide bonds. The number of carbonyl (C=O) groups is 1. The molecule has 1 rings (SSSR count). The molecule has 3 heteroatoms. The molecule has 1 unspecified atom stereocenters. The Kier molecular flexibility index (Phi) is 5.86. The van der Waals surface area contributed by atoms with Crippen molar-refractivity contribution in [2.75, 3.05) is 0 Å². The second-order valence-corrected chi connectivity index (χ2v) is 5.11. The molecule has 0 aliphatic carbocycles. The van der Waals surface area contributed by atoms with Gasteiger partial charge in [0.2, 0.25) is 0 Å². The molecule has 0 bridgehead atoms. The first-order valence-electron chi connectivity index (χ1n) is 6.04. The molecule has 0 aliphatic heterocycles. The highest BCUT2D eigenvalue weighted by Crippen LogP contribution is 2.20. The van der Waals surface area contributed by atoms with Crippen LogP contribution in [0.4, 0.5) is 0 Å². The van der Waals surface area contributed by atoms with Gasteiger partial charge in [-0.15, -0.1) is 0 Å². The lowest BCUT2D eigenvalue weighted by Crippen LogP contribution is -2.30. The number of ketones is 1. The average Bonchev–Trinajstić information content (AvgIpc) is 2.33. The summed E-state index contributed by atoms with van der Waals surface area (Å²) in [4.78, 5) is 12.0. The Bertz CT molecular complexity index is 372. The standard InChI is InChI=1S/C14H19BrO2/c1-3-10(4-2)14(17)13(16)9-11-7-5-6-8-12(11)15/h5-8,10,14,17H,3-4,9H2,1-2H3. The molecule has 2 nitrogen and oxygen atoms in total. The van der Waals surface area contributed by atoms with Gasteiger partial charge in [-0.2, -0.15) is 0 Å². The lowest BCUT2D eigenvalue weighted by molar-refractivity contribution is -0.129. The van der Waals surface area contributed by atoms with E-state index in [1.807, 2.05) is 38.1 Å². The SMILES string of the molecule is CCC(CC)C(O)C(=O)Cc1ccccc1Br. The second-order valence-electron chi connectivity index (χ2n) is 4.26. The predicted molar refractivity (Wildman–Crippen MR) is 72.9 cm³/mol. The van der Waals surface area contributed by atoms with E-state index in [2.05, 4.69) is 15.9 Å². The summed E-state index contributed by atoms with van der Waals surface area (Å²) in [6.45, 7) is 4.01. The van der Waals surface area contributed by atoms with Crippen LogP contribution in [-0.4, -0.2) is 17.0 Å². The van der Waals surface area contributed by atoms with E-state index < -0.39 is 6.10 Å². The molecule has 0 aliphatic rings. The highest BCUT2D eigenvalue weighted by molar-refractivity contribution is 9.10. The van der Waals surface area contributed by atoms with Gasteiger partial charge in [0.1, 0.15) is 6.10 Å². The van der Waals surface area contributed by atoms with Crippen LogP contribution in [0.25, 0.3) is 0 Å². The number of carbonyl (C=O) groups excluding carboxylic acids is 1. The molecule has 0 heterocycles. The van der Waals surface area contributed by atoms with Gasteiger partial charge in [0.05, 0.1) is 0 Å². The van der Waals surface area contributed by atoms with Crippen molar-refractivity contribution in [1.29, 1.82) is 0 Å². The minimum absolute atomic E-state index is 0.0741. The Morgan fingerprint density at radius 3 is 2.41 bits per heavy atom. The first kappa shape index (κ1) is 14.4. The van der Waals surface area contributed by atoms with Crippen molar-refractivity contribution in [2.45, 2.75) is 39.2 Å². The van der Waals surface area contributed by atoms with Crippen LogP contribution in [0.15, 0.2) is 28.7 Å². The van der Waals surface area contributed by atoms with E-state index in [4.69, 9.17) is 0 Å². The summed E-state index contributed by atoms with van der Waals surface area (Å²) < 4.78 is 0.921. The van der Waals surface area contributed by atoms with Crippen molar-refractivity contribution < 1.29 is 9.90 Å². The van der Waals surface area contributed by atoms with Crippen molar-refractivity contribution in [2.24, 2.45) is 5.92 Å². The highest BCUT2D eigenvalue weighted by Gasteiger charge is 2.23. The van der Waals surface area contributed by atoms with Gasteiger partial charge in [0.15, 0.2) is 5.78 Å². The molecule has 0 aromatic heterocycles. The van der Waals surface area contributed by atoms with Crippen molar-refractivity contribution in [1.82, 2.24) is 0 Å². The van der Waals surface area contributed by atoms with Gasteiger partial charge in [-0.3, -0.25) is 4.79 Å². The number of benzene rings is 1. The number of hydrogen-bond acceptors (Lipinski definition) is 2. The molecule has 1 N–H and O–H groups in total. The van der Waals surface area contributed by atoms with Gasteiger partial charge < -0.3 is 5.11 Å². The molecule has 0 fully saturated rings. The minimum atomic E-state index is -0.836. The third-order valence-electron chi connectivity index (χ3n) is 3.15. The molecule has 1 atom stereocenters. The van der Waals surface area contributed by atoms with Gasteiger partial charge in [-0.05, 0) is 17.5 Å². The van der Waals surface area contributed by atoms with E-state index in [0.29, 0.717) is 6.42 Å². The van der Waals surface area contributed by atoms with Crippen LogP contribution in [-0.2, 0) is 11.2 Å². The summed E-state index contributed by atoms with van der Waals surface area (Å²) in [6.07, 6.45) is 1.12. The number of aliphatic hydroxyl groups excluding tert-OH is 1. The van der Waals surface area contributed by atoms with Crippen LogP contribution in [0, 0.1) is 5.92 Å². The number of Topliss-reactive ketones (excluding diaryl/α,β-unsaturated/α-hetero) is 1. The second kappa shape index (κ2) is 6.92. The number of hydrogen-bond donors (Lipinski definition) is 1. The van der Waals surface area contributed by atoms with Gasteiger partial charge in [0.25, 0.3) is 0 Å². The molecule has 1 aromatic carbocycles. The summed E-state index contributed by atoms with van der Waals surface area (Å²) in [5.41, 5.74) is 0.933. The molecule has 0 saturated carbocycles. The maximum absolute atomic E-state index is 12.0. The van der Waals surface area contributed by atoms with Gasteiger partial charge in [-0.25, -0.2) is 0 Å². The summed E-state index contributed by atoms with van der Waals surface area (Å²) in [5, 5.41) is 9.96. The molecular weight excluding hydrogens is 280 g/mol. The van der Waals surface area contributed by atoms with E-state index >= 15 is 0 Å². The van der Waals surface area contributed by atoms with Crippen molar-refractivity contribution in [3.05, 3.63) is 34.3 Å². The number of aliphatic hydroxyl groups is 1. The monoisotopic (exact) mass is 298 g/mol. The van der Waals surface area contributed by atoms with Crippen LogP contribution in [0.2, 0.25) is 0 Å². The summed E-state index contributed by atoms with van der Waals surface area (Å²) in [7, 11) is 0. The molecule has 1 aromatic rings. The molecule has 0 radical (unpaired) electrons. The van der Waals surface area contributed by atoms with Gasteiger partial charge >= 0.3 is 0 Å². The average molecular weight is 299 g/mol. The molecule has 0 spiro atoms. The van der Waals surface area contributed by atoms with Crippen LogP contribution in [0.1, 0.15) is 32.3 Å². The third kappa shape index (κ3) is 3.93. The zero-order chi connectivity index (χ0) is 12.8. The molecule has 94 valence electrons. The zero-order valence-electron chi connectivity index (χ0n) is 10.3. The van der Waals surface area contributed by atoms with E-state index in [1.165, 1.54) is 0 Å². The van der Waals surface area contributed by atoms with Crippen molar-refractivity contribution in [3.8, 4) is 0 Å². The summed E-state index contributed by atoms with van der Waals surface area (Å²) in [5.74, 6) is -0.0180. The third-order valence-corrected chi connectivity index (χ3v) is 3.92. The first-order valence-corrected chi connectivity index (χ1v) is 6.83. The van der Waals surface area contributed by atoms with Crippen molar-refractivity contribution >= 4 is 21.7 Å². The maximum Gasteiger partial charge on any atom is 0.165 e. The van der Waals surface area contributed by atoms with Crippen molar-refractivity contribution in [3.63, 3.8) is 0 Å². The van der Waals surface area contributed by atoms with Gasteiger partial charge in [-0.1, -0.05) is 60.8 Å². The van der Waals surface area contributed by atoms with E-state index in [9.17, 15) is 9.90 Å². The fourth-order valence-electron chi connectivity index (χ4n) is 1.93. The highest BCUT2D eigenvalue weighted by atomic mass is 79.9. The largest absolute Gasteiger partial charge is 0.385 e. The summed E-state index contributed by atoms with van der Waals surface area (Å²) in [6, 6.07) is 7.62. The Morgan fingerprint density at radius 1 is 1.29 bits per heavy atom. The maximum atomic E-state index is 12.0. The Balaban J connectivity index is 2.69. The van der Waals surface area contributed by atoms with Gasteiger partial charge in [0, 0.05) is 10.9 Å². The van der Waals surface area contributed by atoms with Crippen LogP contribution < -0.4 is 0 Å². The molecular formula is C14H19BrO2.